The maximum Gasteiger partial charge on any atom is 0.220 e. The molecule has 1 saturated heterocycles. The van der Waals surface area contributed by atoms with E-state index in [1.807, 2.05) is 12.1 Å². The standard InChI is InChI=1S/C19H29N3O3/c20-19(23)15-6-10-22(11-7-15)9-2-8-21-14-16-4-1-5-17-18(16)25-13-3-12-24-17/h1,4-5,15,21H,2-3,6-14H2,(H2,20,23). The molecule has 0 atom stereocenters. The molecule has 2 aliphatic rings. The average molecular weight is 347 g/mol. The number of primary amides is 1. The summed E-state index contributed by atoms with van der Waals surface area (Å²) in [6, 6.07) is 6.09. The van der Waals surface area contributed by atoms with Crippen molar-refractivity contribution in [3.8, 4) is 11.5 Å². The SMILES string of the molecule is NC(=O)C1CCN(CCCNCc2cccc3c2OCCCO3)CC1. The van der Waals surface area contributed by atoms with E-state index in [9.17, 15) is 4.79 Å². The number of benzene rings is 1. The number of para-hydroxylation sites is 1. The maximum absolute atomic E-state index is 11.2. The predicted octanol–water partition coefficient (Wildman–Crippen LogP) is 1.52. The molecular formula is C19H29N3O3. The van der Waals surface area contributed by atoms with Gasteiger partial charge in [0.2, 0.25) is 5.91 Å². The molecule has 0 saturated carbocycles. The highest BCUT2D eigenvalue weighted by atomic mass is 16.5. The van der Waals surface area contributed by atoms with Crippen molar-refractivity contribution in [1.29, 1.82) is 0 Å². The second-order valence-corrected chi connectivity index (χ2v) is 6.84. The van der Waals surface area contributed by atoms with Crippen LogP contribution in [0.25, 0.3) is 0 Å². The normalized spacial score (nSPS) is 18.7. The van der Waals surface area contributed by atoms with Crippen molar-refractivity contribution < 1.29 is 14.3 Å². The fraction of sp³-hybridized carbons (Fsp3) is 0.632. The molecule has 0 aromatic heterocycles. The molecule has 1 amide bonds. The van der Waals surface area contributed by atoms with Gasteiger partial charge in [-0.15, -0.1) is 0 Å². The molecule has 138 valence electrons. The Hall–Kier alpha value is -1.79. The first-order valence-corrected chi connectivity index (χ1v) is 9.34. The minimum atomic E-state index is -0.144. The van der Waals surface area contributed by atoms with E-state index in [4.69, 9.17) is 15.2 Å². The first kappa shape index (κ1) is 18.0. The van der Waals surface area contributed by atoms with Crippen LogP contribution in [0.15, 0.2) is 18.2 Å². The fourth-order valence-corrected chi connectivity index (χ4v) is 3.49. The molecule has 2 aliphatic heterocycles. The molecule has 6 nitrogen and oxygen atoms in total. The summed E-state index contributed by atoms with van der Waals surface area (Å²) < 4.78 is 11.6. The van der Waals surface area contributed by atoms with E-state index in [2.05, 4.69) is 16.3 Å². The minimum Gasteiger partial charge on any atom is -0.490 e. The summed E-state index contributed by atoms with van der Waals surface area (Å²) in [7, 11) is 0. The van der Waals surface area contributed by atoms with Gasteiger partial charge in [0.25, 0.3) is 0 Å². The van der Waals surface area contributed by atoms with Gasteiger partial charge in [-0.05, 0) is 51.5 Å². The summed E-state index contributed by atoms with van der Waals surface area (Å²) in [6.45, 7) is 6.19. The van der Waals surface area contributed by atoms with E-state index in [0.29, 0.717) is 6.61 Å². The second kappa shape index (κ2) is 9.06. The number of hydrogen-bond donors (Lipinski definition) is 2. The summed E-state index contributed by atoms with van der Waals surface area (Å²) in [5, 5.41) is 3.50. The Morgan fingerprint density at radius 1 is 1.24 bits per heavy atom. The largest absolute Gasteiger partial charge is 0.490 e. The van der Waals surface area contributed by atoms with Crippen molar-refractivity contribution in [2.24, 2.45) is 11.7 Å². The third-order valence-electron chi connectivity index (χ3n) is 4.99. The van der Waals surface area contributed by atoms with Crippen LogP contribution < -0.4 is 20.5 Å². The number of nitrogens with two attached hydrogens (primary N) is 1. The van der Waals surface area contributed by atoms with Crippen molar-refractivity contribution in [3.63, 3.8) is 0 Å². The molecule has 1 aromatic carbocycles. The van der Waals surface area contributed by atoms with Crippen LogP contribution in [0.2, 0.25) is 0 Å². The number of ether oxygens (including phenoxy) is 2. The van der Waals surface area contributed by atoms with E-state index in [1.165, 1.54) is 0 Å². The van der Waals surface area contributed by atoms with Crippen molar-refractivity contribution in [1.82, 2.24) is 10.2 Å². The lowest BCUT2D eigenvalue weighted by atomic mass is 9.96. The summed E-state index contributed by atoms with van der Waals surface area (Å²) in [6.07, 6.45) is 3.81. The maximum atomic E-state index is 11.2. The van der Waals surface area contributed by atoms with Gasteiger partial charge in [-0.1, -0.05) is 12.1 Å². The Labute approximate surface area is 149 Å². The number of rotatable bonds is 7. The topological polar surface area (TPSA) is 76.8 Å². The lowest BCUT2D eigenvalue weighted by Crippen LogP contribution is -2.39. The molecule has 0 bridgehead atoms. The Balaban J connectivity index is 1.36. The van der Waals surface area contributed by atoms with Gasteiger partial charge < -0.3 is 25.4 Å². The van der Waals surface area contributed by atoms with Crippen molar-refractivity contribution in [2.75, 3.05) is 39.4 Å². The average Bonchev–Trinajstić information content (AvgIpc) is 2.88. The number of carbonyl (C=O) groups is 1. The van der Waals surface area contributed by atoms with E-state index in [0.717, 1.165) is 82.1 Å². The number of nitrogens with one attached hydrogen (secondary N) is 1. The summed E-state index contributed by atoms with van der Waals surface area (Å²) in [4.78, 5) is 13.6. The molecule has 6 heteroatoms. The fourth-order valence-electron chi connectivity index (χ4n) is 3.49. The van der Waals surface area contributed by atoms with Gasteiger partial charge in [0.1, 0.15) is 0 Å². The smallest absolute Gasteiger partial charge is 0.220 e. The van der Waals surface area contributed by atoms with E-state index in [-0.39, 0.29) is 11.8 Å². The highest BCUT2D eigenvalue weighted by Crippen LogP contribution is 2.33. The van der Waals surface area contributed by atoms with Crippen LogP contribution in [0.5, 0.6) is 11.5 Å². The van der Waals surface area contributed by atoms with Crippen LogP contribution in [0.1, 0.15) is 31.2 Å². The number of nitrogens with zero attached hydrogens (tertiary/aromatic N) is 1. The van der Waals surface area contributed by atoms with Gasteiger partial charge in [0.15, 0.2) is 11.5 Å². The molecule has 0 spiro atoms. The zero-order valence-corrected chi connectivity index (χ0v) is 14.8. The molecule has 0 aliphatic carbocycles. The molecule has 0 unspecified atom stereocenters. The van der Waals surface area contributed by atoms with Crippen molar-refractivity contribution >= 4 is 5.91 Å². The molecule has 1 fully saturated rings. The number of likely N-dealkylation sites (tertiary alicyclic amines) is 1. The Bertz CT molecular complexity index is 571. The number of piperidine rings is 1. The van der Waals surface area contributed by atoms with Gasteiger partial charge in [-0.3, -0.25) is 4.79 Å². The summed E-state index contributed by atoms with van der Waals surface area (Å²) in [5.41, 5.74) is 6.53. The molecule has 25 heavy (non-hydrogen) atoms. The highest BCUT2D eigenvalue weighted by molar-refractivity contribution is 5.76. The molecule has 1 aromatic rings. The first-order chi connectivity index (χ1) is 12.2. The molecule has 0 radical (unpaired) electrons. The van der Waals surface area contributed by atoms with Crippen molar-refractivity contribution in [2.45, 2.75) is 32.2 Å². The first-order valence-electron chi connectivity index (χ1n) is 9.34. The lowest BCUT2D eigenvalue weighted by Gasteiger charge is -2.30. The third kappa shape index (κ3) is 5.09. The number of fused-ring (bicyclic) bond motifs is 1. The number of amides is 1. The Morgan fingerprint density at radius 2 is 2.04 bits per heavy atom. The van der Waals surface area contributed by atoms with Gasteiger partial charge in [0, 0.05) is 24.4 Å². The van der Waals surface area contributed by atoms with Crippen LogP contribution in [-0.4, -0.2) is 50.2 Å². The van der Waals surface area contributed by atoms with Gasteiger partial charge in [0.05, 0.1) is 13.2 Å². The molecular weight excluding hydrogens is 318 g/mol. The monoisotopic (exact) mass is 347 g/mol. The van der Waals surface area contributed by atoms with Crippen LogP contribution in [0.4, 0.5) is 0 Å². The lowest BCUT2D eigenvalue weighted by molar-refractivity contribution is -0.123. The van der Waals surface area contributed by atoms with E-state index >= 15 is 0 Å². The van der Waals surface area contributed by atoms with Gasteiger partial charge in [-0.25, -0.2) is 0 Å². The minimum absolute atomic E-state index is 0.0740. The predicted molar refractivity (Wildman–Crippen MR) is 96.7 cm³/mol. The quantitative estimate of drug-likeness (QED) is 0.732. The molecule has 3 rings (SSSR count). The van der Waals surface area contributed by atoms with Crippen LogP contribution in [-0.2, 0) is 11.3 Å². The van der Waals surface area contributed by atoms with Gasteiger partial charge in [-0.2, -0.15) is 0 Å². The van der Waals surface area contributed by atoms with Crippen molar-refractivity contribution in [3.05, 3.63) is 23.8 Å². The van der Waals surface area contributed by atoms with E-state index in [1.54, 1.807) is 0 Å². The number of hydrogen-bond acceptors (Lipinski definition) is 5. The van der Waals surface area contributed by atoms with Crippen LogP contribution in [0.3, 0.4) is 0 Å². The zero-order chi connectivity index (χ0) is 17.5. The highest BCUT2D eigenvalue weighted by Gasteiger charge is 2.22. The molecule has 2 heterocycles. The summed E-state index contributed by atoms with van der Waals surface area (Å²) in [5.74, 6) is 1.68. The van der Waals surface area contributed by atoms with Crippen LogP contribution in [0, 0.1) is 5.92 Å². The Kier molecular flexibility index (Phi) is 6.53. The summed E-state index contributed by atoms with van der Waals surface area (Å²) >= 11 is 0. The van der Waals surface area contributed by atoms with E-state index < -0.39 is 0 Å². The number of carbonyl (C=O) groups excluding carboxylic acids is 1. The Morgan fingerprint density at radius 3 is 2.84 bits per heavy atom. The third-order valence-corrected chi connectivity index (χ3v) is 4.99. The second-order valence-electron chi connectivity index (χ2n) is 6.84. The van der Waals surface area contributed by atoms with Gasteiger partial charge >= 0.3 is 0 Å². The van der Waals surface area contributed by atoms with Crippen LogP contribution >= 0.6 is 0 Å². The zero-order valence-electron chi connectivity index (χ0n) is 14.8. The molecule has 3 N–H and O–H groups in total.